The molecule has 300 valence electrons. The summed E-state index contributed by atoms with van der Waals surface area (Å²) in [6.07, 6.45) is 3.70. The van der Waals surface area contributed by atoms with Crippen LogP contribution in [-0.2, 0) is 27.2 Å². The molecular formula is C41H41F2N9O6. The van der Waals surface area contributed by atoms with Crippen molar-refractivity contribution in [1.29, 1.82) is 0 Å². The number of aromatic amines is 1. The number of carbonyl (C=O) groups excluding carboxylic acids is 5. The second-order valence-electron chi connectivity index (χ2n) is 16.6. The number of nitrogens with zero attached hydrogens (tertiary/aromatic N) is 6. The van der Waals surface area contributed by atoms with Crippen molar-refractivity contribution in [3.63, 3.8) is 0 Å². The lowest BCUT2D eigenvalue weighted by Gasteiger charge is -2.46. The Morgan fingerprint density at radius 1 is 1.05 bits per heavy atom. The first-order chi connectivity index (χ1) is 27.9. The first kappa shape index (κ1) is 36.5. The van der Waals surface area contributed by atoms with Crippen LogP contribution in [0.1, 0.15) is 73.8 Å². The van der Waals surface area contributed by atoms with Crippen molar-refractivity contribution in [3.8, 4) is 0 Å². The minimum absolute atomic E-state index is 0.0590. The molecule has 5 unspecified atom stereocenters. The number of rotatable bonds is 9. The standard InChI is InChI=1S/C41H41F2N9O6/c1-40-15-30-29(14-32(40)41(40,42)43)34(48-47-30)37(55)45-24-16-44-51(19-24)35(22-5-3-2-4-6-22)23-17-49(18-23)20-26-21-50(11-12-58-26)25-7-8-27-28(13-25)39(57)52(38(27)56)31-9-10-33(53)46-36(31)54/h2-8,13,16,19,23,26,31-32,35H,9-12,14-15,17-18,20-21H2,1H3,(H,45,55)(H,47,48)(H,46,53,54). The third-order valence-corrected chi connectivity index (χ3v) is 13.1. The molecule has 6 heterocycles. The van der Waals surface area contributed by atoms with Crippen LogP contribution in [0.4, 0.5) is 20.2 Å². The van der Waals surface area contributed by atoms with Crippen LogP contribution in [0.15, 0.2) is 60.9 Å². The van der Waals surface area contributed by atoms with E-state index in [9.17, 15) is 32.8 Å². The number of alkyl halides is 2. The third kappa shape index (κ3) is 5.84. The number of nitrogens with one attached hydrogen (secondary N) is 3. The highest BCUT2D eigenvalue weighted by Gasteiger charge is 2.78. The number of amides is 5. The lowest BCUT2D eigenvalue weighted by molar-refractivity contribution is -0.136. The maximum atomic E-state index is 14.5. The van der Waals surface area contributed by atoms with Gasteiger partial charge in [0.1, 0.15) is 6.04 Å². The molecule has 58 heavy (non-hydrogen) atoms. The average molecular weight is 794 g/mol. The Bertz CT molecular complexity index is 2380. The first-order valence-corrected chi connectivity index (χ1v) is 19.7. The Labute approximate surface area is 331 Å². The number of H-pyrrole nitrogens is 1. The van der Waals surface area contributed by atoms with E-state index in [1.807, 2.05) is 28.9 Å². The summed E-state index contributed by atoms with van der Waals surface area (Å²) in [7, 11) is 0. The van der Waals surface area contributed by atoms with E-state index in [1.165, 1.54) is 0 Å². The van der Waals surface area contributed by atoms with Gasteiger partial charge in [0, 0.05) is 86.0 Å². The van der Waals surface area contributed by atoms with Crippen molar-refractivity contribution in [2.24, 2.45) is 17.3 Å². The van der Waals surface area contributed by atoms with Gasteiger partial charge in [-0.25, -0.2) is 8.78 Å². The molecule has 2 aromatic heterocycles. The number of anilines is 2. The number of aromatic nitrogens is 4. The molecule has 17 heteroatoms. The van der Waals surface area contributed by atoms with Crippen LogP contribution in [0.2, 0.25) is 0 Å². The number of carbonyl (C=O) groups is 5. The summed E-state index contributed by atoms with van der Waals surface area (Å²) in [5.41, 5.74) is 3.03. The molecule has 4 fully saturated rings. The largest absolute Gasteiger partial charge is 0.373 e. The highest BCUT2D eigenvalue weighted by atomic mass is 19.3. The van der Waals surface area contributed by atoms with Crippen molar-refractivity contribution in [2.45, 2.75) is 56.7 Å². The fraction of sp³-hybridized carbons (Fsp3) is 0.439. The van der Waals surface area contributed by atoms with Crippen molar-refractivity contribution in [2.75, 3.05) is 49.5 Å². The summed E-state index contributed by atoms with van der Waals surface area (Å²) in [5.74, 6) is -5.94. The molecule has 0 radical (unpaired) electrons. The average Bonchev–Trinajstić information content (AvgIpc) is 3.70. The number of imide groups is 2. The van der Waals surface area contributed by atoms with Crippen LogP contribution < -0.4 is 15.5 Å². The second kappa shape index (κ2) is 13.4. The molecule has 4 aromatic rings. The molecule has 4 aliphatic heterocycles. The molecule has 0 spiro atoms. The van der Waals surface area contributed by atoms with Crippen molar-refractivity contribution >= 4 is 40.9 Å². The number of benzene rings is 2. The van der Waals surface area contributed by atoms with Crippen molar-refractivity contribution in [3.05, 3.63) is 94.6 Å². The fourth-order valence-corrected chi connectivity index (χ4v) is 9.80. The molecule has 2 aliphatic carbocycles. The summed E-state index contributed by atoms with van der Waals surface area (Å²) in [6.45, 7) is 5.48. The maximum absolute atomic E-state index is 14.5. The Balaban J connectivity index is 0.780. The van der Waals surface area contributed by atoms with Gasteiger partial charge in [0.15, 0.2) is 5.69 Å². The number of fused-ring (bicyclic) bond motifs is 3. The SMILES string of the molecule is CC12Cc3[nH]nc(C(=O)Nc4cnn(C(c5ccccc5)C5CN(CC6CN(c7ccc8c(c7)C(=O)N(C7CCC(=O)NC7=O)C8=O)CCO6)C5)c4)c3CC1C2(F)F. The zero-order valence-electron chi connectivity index (χ0n) is 31.6. The van der Waals surface area contributed by atoms with Gasteiger partial charge in [-0.15, -0.1) is 0 Å². The lowest BCUT2D eigenvalue weighted by atomic mass is 9.86. The van der Waals surface area contributed by atoms with Gasteiger partial charge < -0.3 is 15.0 Å². The molecule has 2 aromatic carbocycles. The van der Waals surface area contributed by atoms with Gasteiger partial charge in [0.05, 0.1) is 41.8 Å². The highest BCUT2D eigenvalue weighted by molar-refractivity contribution is 6.23. The van der Waals surface area contributed by atoms with Crippen LogP contribution >= 0.6 is 0 Å². The summed E-state index contributed by atoms with van der Waals surface area (Å²) in [5, 5.41) is 16.8. The van der Waals surface area contributed by atoms with E-state index in [-0.39, 0.29) is 60.6 Å². The van der Waals surface area contributed by atoms with Crippen LogP contribution in [-0.4, -0.2) is 117 Å². The molecule has 0 bridgehead atoms. The van der Waals surface area contributed by atoms with Gasteiger partial charge in [-0.3, -0.25) is 48.9 Å². The van der Waals surface area contributed by atoms with Gasteiger partial charge in [0.2, 0.25) is 11.8 Å². The fourth-order valence-electron chi connectivity index (χ4n) is 9.80. The van der Waals surface area contributed by atoms with E-state index in [1.54, 1.807) is 31.5 Å². The zero-order valence-corrected chi connectivity index (χ0v) is 31.6. The van der Waals surface area contributed by atoms with Gasteiger partial charge in [0.25, 0.3) is 23.6 Å². The molecule has 3 saturated heterocycles. The third-order valence-electron chi connectivity index (χ3n) is 13.1. The summed E-state index contributed by atoms with van der Waals surface area (Å²) >= 11 is 0. The van der Waals surface area contributed by atoms with E-state index in [0.29, 0.717) is 43.2 Å². The number of hydrogen-bond acceptors (Lipinski definition) is 10. The Kier molecular flexibility index (Phi) is 8.42. The Hall–Kier alpha value is -5.81. The topological polar surface area (TPSA) is 175 Å². The number of ether oxygens (including phenoxy) is 1. The molecule has 3 N–H and O–H groups in total. The minimum Gasteiger partial charge on any atom is -0.373 e. The van der Waals surface area contributed by atoms with Crippen LogP contribution in [0.25, 0.3) is 0 Å². The molecular weight excluding hydrogens is 753 g/mol. The number of morpholine rings is 1. The summed E-state index contributed by atoms with van der Waals surface area (Å²) in [4.78, 5) is 69.6. The predicted molar refractivity (Wildman–Crippen MR) is 202 cm³/mol. The quantitative estimate of drug-likeness (QED) is 0.214. The second-order valence-corrected chi connectivity index (χ2v) is 16.6. The number of likely N-dealkylation sites (tertiary alicyclic amines) is 1. The molecule has 10 rings (SSSR count). The molecule has 5 atom stereocenters. The van der Waals surface area contributed by atoms with E-state index in [2.05, 4.69) is 47.9 Å². The highest BCUT2D eigenvalue weighted by Crippen LogP contribution is 2.70. The monoisotopic (exact) mass is 793 g/mol. The van der Waals surface area contributed by atoms with Crippen molar-refractivity contribution in [1.82, 2.24) is 35.1 Å². The van der Waals surface area contributed by atoms with E-state index in [0.717, 1.165) is 29.2 Å². The summed E-state index contributed by atoms with van der Waals surface area (Å²) < 4.78 is 37.0. The maximum Gasteiger partial charge on any atom is 0.276 e. The summed E-state index contributed by atoms with van der Waals surface area (Å²) in [6, 6.07) is 14.1. The Morgan fingerprint density at radius 3 is 2.64 bits per heavy atom. The molecule has 5 amide bonds. The lowest BCUT2D eigenvalue weighted by Crippen LogP contribution is -2.56. The number of hydrogen-bond donors (Lipinski definition) is 3. The number of piperidine rings is 1. The molecule has 15 nitrogen and oxygen atoms in total. The van der Waals surface area contributed by atoms with Gasteiger partial charge in [-0.1, -0.05) is 37.3 Å². The predicted octanol–water partition coefficient (Wildman–Crippen LogP) is 3.06. The number of halogens is 2. The minimum atomic E-state index is -2.75. The van der Waals surface area contributed by atoms with Gasteiger partial charge in [-0.2, -0.15) is 10.2 Å². The van der Waals surface area contributed by atoms with Gasteiger partial charge in [-0.05, 0) is 36.6 Å². The van der Waals surface area contributed by atoms with E-state index < -0.39 is 52.8 Å². The van der Waals surface area contributed by atoms with Crippen LogP contribution in [0.5, 0.6) is 0 Å². The van der Waals surface area contributed by atoms with E-state index in [4.69, 9.17) is 4.74 Å². The molecule has 1 saturated carbocycles. The first-order valence-electron chi connectivity index (χ1n) is 19.7. The van der Waals surface area contributed by atoms with Gasteiger partial charge >= 0.3 is 0 Å². The smallest absolute Gasteiger partial charge is 0.276 e. The Morgan fingerprint density at radius 2 is 1.84 bits per heavy atom. The van der Waals surface area contributed by atoms with Crippen LogP contribution in [0, 0.1) is 17.3 Å². The normalized spacial score (nSPS) is 27.1. The zero-order chi connectivity index (χ0) is 40.1. The van der Waals surface area contributed by atoms with E-state index >= 15 is 0 Å². The molecule has 6 aliphatic rings. The van der Waals surface area contributed by atoms with Crippen LogP contribution in [0.3, 0.4) is 0 Å². The van der Waals surface area contributed by atoms with Crippen molar-refractivity contribution < 1.29 is 37.5 Å².